The van der Waals surface area contributed by atoms with Gasteiger partial charge in [-0.3, -0.25) is 4.68 Å². The van der Waals surface area contributed by atoms with Crippen LogP contribution in [0.5, 0.6) is 0 Å². The van der Waals surface area contributed by atoms with E-state index in [0.29, 0.717) is 12.6 Å². The molecule has 2 N–H and O–H groups in total. The Labute approximate surface area is 90.7 Å². The molecule has 1 fully saturated rings. The lowest BCUT2D eigenvalue weighted by Gasteiger charge is -2.12. The van der Waals surface area contributed by atoms with Gasteiger partial charge in [-0.2, -0.15) is 5.10 Å². The second-order valence-electron chi connectivity index (χ2n) is 4.81. The first kappa shape index (κ1) is 9.40. The van der Waals surface area contributed by atoms with Crippen molar-refractivity contribution in [3.63, 3.8) is 0 Å². The lowest BCUT2D eigenvalue weighted by molar-refractivity contribution is 0.447. The van der Waals surface area contributed by atoms with Gasteiger partial charge in [-0.1, -0.05) is 12.8 Å². The molecular weight excluding hydrogens is 186 g/mol. The van der Waals surface area contributed by atoms with Crippen molar-refractivity contribution in [1.82, 2.24) is 9.78 Å². The van der Waals surface area contributed by atoms with Gasteiger partial charge in [-0.05, 0) is 37.7 Å². The van der Waals surface area contributed by atoms with Gasteiger partial charge >= 0.3 is 0 Å². The van der Waals surface area contributed by atoms with E-state index in [4.69, 9.17) is 10.8 Å². The molecule has 0 atom stereocenters. The Bertz CT molecular complexity index is 361. The van der Waals surface area contributed by atoms with E-state index in [2.05, 4.69) is 4.68 Å². The summed E-state index contributed by atoms with van der Waals surface area (Å²) in [4.78, 5) is 0. The molecular formula is C12H19N3. The van der Waals surface area contributed by atoms with Crippen LogP contribution in [0.15, 0.2) is 0 Å². The second-order valence-corrected chi connectivity index (χ2v) is 4.81. The average Bonchev–Trinajstić information content (AvgIpc) is 2.94. The molecule has 0 saturated heterocycles. The molecule has 2 aliphatic carbocycles. The maximum absolute atomic E-state index is 5.76. The van der Waals surface area contributed by atoms with Crippen LogP contribution in [-0.4, -0.2) is 9.78 Å². The first-order valence-corrected chi connectivity index (χ1v) is 6.19. The summed E-state index contributed by atoms with van der Waals surface area (Å²) in [6, 6.07) is 0.678. The van der Waals surface area contributed by atoms with Crippen molar-refractivity contribution in [3.05, 3.63) is 17.0 Å². The number of rotatable bonds is 2. The number of hydrogen-bond donors (Lipinski definition) is 1. The quantitative estimate of drug-likeness (QED) is 0.802. The van der Waals surface area contributed by atoms with Crippen molar-refractivity contribution in [1.29, 1.82) is 0 Å². The van der Waals surface area contributed by atoms with Crippen molar-refractivity contribution in [2.75, 3.05) is 0 Å². The van der Waals surface area contributed by atoms with E-state index < -0.39 is 0 Å². The molecule has 0 unspecified atom stereocenters. The van der Waals surface area contributed by atoms with E-state index >= 15 is 0 Å². The largest absolute Gasteiger partial charge is 0.325 e. The highest BCUT2D eigenvalue weighted by Gasteiger charge is 2.26. The zero-order valence-electron chi connectivity index (χ0n) is 9.21. The van der Waals surface area contributed by atoms with Gasteiger partial charge in [0.1, 0.15) is 0 Å². The first-order chi connectivity index (χ1) is 7.40. The number of hydrogen-bond acceptors (Lipinski definition) is 2. The average molecular weight is 205 g/mol. The number of nitrogens with zero attached hydrogens (tertiary/aromatic N) is 2. The highest BCUT2D eigenvalue weighted by molar-refractivity contribution is 5.31. The normalized spacial score (nSPS) is 21.1. The molecule has 0 amide bonds. The molecule has 0 aliphatic heterocycles. The van der Waals surface area contributed by atoms with E-state index in [1.165, 1.54) is 56.2 Å². The van der Waals surface area contributed by atoms with Crippen LogP contribution < -0.4 is 5.73 Å². The minimum atomic E-state index is 0.613. The van der Waals surface area contributed by atoms with Crippen molar-refractivity contribution < 1.29 is 0 Å². The molecule has 1 aromatic heterocycles. The lowest BCUT2D eigenvalue weighted by Crippen LogP contribution is -2.10. The first-order valence-electron chi connectivity index (χ1n) is 6.19. The van der Waals surface area contributed by atoms with Gasteiger partial charge in [0.25, 0.3) is 0 Å². The monoisotopic (exact) mass is 205 g/mol. The van der Waals surface area contributed by atoms with Crippen LogP contribution >= 0.6 is 0 Å². The Morgan fingerprint density at radius 3 is 2.73 bits per heavy atom. The fourth-order valence-electron chi connectivity index (χ4n) is 3.16. The van der Waals surface area contributed by atoms with Crippen LogP contribution in [0.1, 0.15) is 55.1 Å². The van der Waals surface area contributed by atoms with Gasteiger partial charge in [0, 0.05) is 12.2 Å². The predicted octanol–water partition coefficient (Wildman–Crippen LogP) is 1.95. The molecule has 0 radical (unpaired) electrons. The molecule has 0 bridgehead atoms. The molecule has 1 saturated carbocycles. The summed E-state index contributed by atoms with van der Waals surface area (Å²) in [6.07, 6.45) is 9.10. The molecule has 0 spiro atoms. The summed E-state index contributed by atoms with van der Waals surface area (Å²) >= 11 is 0. The van der Waals surface area contributed by atoms with E-state index in [9.17, 15) is 0 Å². The molecule has 2 aliphatic rings. The Morgan fingerprint density at radius 2 is 2.00 bits per heavy atom. The summed E-state index contributed by atoms with van der Waals surface area (Å²) in [7, 11) is 0. The fourth-order valence-corrected chi connectivity index (χ4v) is 3.16. The molecule has 3 rings (SSSR count). The van der Waals surface area contributed by atoms with Gasteiger partial charge < -0.3 is 5.73 Å². The van der Waals surface area contributed by atoms with E-state index in [-0.39, 0.29) is 0 Å². The molecule has 3 nitrogen and oxygen atoms in total. The Balaban J connectivity index is 2.00. The second kappa shape index (κ2) is 3.63. The molecule has 82 valence electrons. The zero-order valence-corrected chi connectivity index (χ0v) is 9.21. The van der Waals surface area contributed by atoms with Gasteiger partial charge in [-0.25, -0.2) is 0 Å². The molecule has 1 aromatic rings. The highest BCUT2D eigenvalue weighted by atomic mass is 15.3. The molecule has 3 heteroatoms. The van der Waals surface area contributed by atoms with Crippen LogP contribution in [0.3, 0.4) is 0 Å². The van der Waals surface area contributed by atoms with E-state index in [1.807, 2.05) is 0 Å². The minimum Gasteiger partial charge on any atom is -0.325 e. The Morgan fingerprint density at radius 1 is 1.20 bits per heavy atom. The number of aromatic nitrogens is 2. The maximum Gasteiger partial charge on any atom is 0.0795 e. The predicted molar refractivity (Wildman–Crippen MR) is 59.6 cm³/mol. The van der Waals surface area contributed by atoms with Crippen molar-refractivity contribution in [2.24, 2.45) is 5.73 Å². The number of fused-ring (bicyclic) bond motifs is 1. The van der Waals surface area contributed by atoms with Crippen LogP contribution in [0, 0.1) is 0 Å². The fraction of sp³-hybridized carbons (Fsp3) is 0.750. The zero-order chi connectivity index (χ0) is 10.3. The third-order valence-corrected chi connectivity index (χ3v) is 3.91. The van der Waals surface area contributed by atoms with Gasteiger partial charge in [-0.15, -0.1) is 0 Å². The third kappa shape index (κ3) is 1.41. The van der Waals surface area contributed by atoms with Crippen LogP contribution in [-0.2, 0) is 19.4 Å². The summed E-state index contributed by atoms with van der Waals surface area (Å²) in [5.74, 6) is 0. The summed E-state index contributed by atoms with van der Waals surface area (Å²) in [5, 5.41) is 4.72. The lowest BCUT2D eigenvalue weighted by atomic mass is 10.2. The van der Waals surface area contributed by atoms with E-state index in [1.54, 1.807) is 0 Å². The molecule has 0 aromatic carbocycles. The Kier molecular flexibility index (Phi) is 2.28. The van der Waals surface area contributed by atoms with Crippen molar-refractivity contribution >= 4 is 0 Å². The maximum atomic E-state index is 5.76. The smallest absolute Gasteiger partial charge is 0.0795 e. The van der Waals surface area contributed by atoms with Gasteiger partial charge in [0.15, 0.2) is 0 Å². The number of nitrogens with two attached hydrogens (primary N) is 1. The molecule has 1 heterocycles. The topological polar surface area (TPSA) is 43.8 Å². The van der Waals surface area contributed by atoms with Crippen LogP contribution in [0.2, 0.25) is 0 Å². The van der Waals surface area contributed by atoms with E-state index in [0.717, 1.165) is 5.69 Å². The summed E-state index contributed by atoms with van der Waals surface area (Å²) in [5.41, 5.74) is 9.90. The molecule has 15 heavy (non-hydrogen) atoms. The van der Waals surface area contributed by atoms with Gasteiger partial charge in [0.2, 0.25) is 0 Å². The van der Waals surface area contributed by atoms with Crippen molar-refractivity contribution in [2.45, 2.75) is 57.5 Å². The summed E-state index contributed by atoms with van der Waals surface area (Å²) in [6.45, 7) is 0.613. The minimum absolute atomic E-state index is 0.613. The summed E-state index contributed by atoms with van der Waals surface area (Å²) < 4.78 is 2.32. The van der Waals surface area contributed by atoms with Crippen LogP contribution in [0.25, 0.3) is 0 Å². The van der Waals surface area contributed by atoms with Crippen molar-refractivity contribution in [3.8, 4) is 0 Å². The standard InChI is InChI=1S/C12H19N3/c13-8-11-10-6-3-7-12(10)15(14-11)9-4-1-2-5-9/h9H,1-8,13H2. The van der Waals surface area contributed by atoms with Crippen LogP contribution in [0.4, 0.5) is 0 Å². The third-order valence-electron chi connectivity index (χ3n) is 3.91. The highest BCUT2D eigenvalue weighted by Crippen LogP contribution is 2.34. The van der Waals surface area contributed by atoms with Gasteiger partial charge in [0.05, 0.1) is 11.7 Å². The Hall–Kier alpha value is -0.830. The SMILES string of the molecule is NCc1nn(C2CCCC2)c2c1CCC2.